The number of nitrogens with zero attached hydrogens (tertiary/aromatic N) is 1. The van der Waals surface area contributed by atoms with Crippen LogP contribution in [0.5, 0.6) is 0 Å². The highest BCUT2D eigenvalue weighted by Gasteiger charge is 2.42. The van der Waals surface area contributed by atoms with E-state index in [2.05, 4.69) is 31.0 Å². The zero-order chi connectivity index (χ0) is 15.7. The van der Waals surface area contributed by atoms with Crippen LogP contribution >= 0.6 is 0 Å². The van der Waals surface area contributed by atoms with Gasteiger partial charge in [-0.25, -0.2) is 0 Å². The number of hydrogen-bond donors (Lipinski definition) is 1. The molecule has 0 amide bonds. The minimum absolute atomic E-state index is 0.0524. The van der Waals surface area contributed by atoms with Crippen molar-refractivity contribution in [1.82, 2.24) is 10.2 Å². The highest BCUT2D eigenvalue weighted by Crippen LogP contribution is 2.37. The molecule has 5 heteroatoms. The number of alkyl halides is 3. The van der Waals surface area contributed by atoms with Crippen LogP contribution in [-0.4, -0.2) is 41.8 Å². The van der Waals surface area contributed by atoms with Gasteiger partial charge in [-0.3, -0.25) is 4.90 Å². The molecule has 2 rings (SSSR count). The Morgan fingerprint density at radius 3 is 2.05 bits per heavy atom. The maximum atomic E-state index is 12.8. The molecule has 0 radical (unpaired) electrons. The molecule has 0 aromatic carbocycles. The molecule has 21 heavy (non-hydrogen) atoms. The molecule has 2 atom stereocenters. The van der Waals surface area contributed by atoms with Gasteiger partial charge in [0.25, 0.3) is 0 Å². The van der Waals surface area contributed by atoms with E-state index in [-0.39, 0.29) is 18.0 Å². The maximum Gasteiger partial charge on any atom is 0.391 e. The Kier molecular flexibility index (Phi) is 5.24. The third-order valence-corrected chi connectivity index (χ3v) is 5.05. The molecule has 1 heterocycles. The van der Waals surface area contributed by atoms with Gasteiger partial charge in [-0.05, 0) is 52.9 Å². The minimum Gasteiger partial charge on any atom is -0.311 e. The highest BCUT2D eigenvalue weighted by molar-refractivity contribution is 4.88. The van der Waals surface area contributed by atoms with E-state index in [1.54, 1.807) is 0 Å². The predicted molar refractivity (Wildman–Crippen MR) is 79.3 cm³/mol. The van der Waals surface area contributed by atoms with Crippen LogP contribution in [0.15, 0.2) is 0 Å². The molecule has 124 valence electrons. The normalized spacial score (nSPS) is 30.6. The van der Waals surface area contributed by atoms with Gasteiger partial charge in [-0.15, -0.1) is 0 Å². The standard InChI is InChI=1S/C16H29F3N2/c1-15(2,3)21-9-7-13(8-10-21)20-14-6-4-5-12(11-14)16(17,18)19/h12-14,20H,4-11H2,1-3H3. The van der Waals surface area contributed by atoms with E-state index in [1.807, 2.05) is 0 Å². The molecule has 0 bridgehead atoms. The first kappa shape index (κ1) is 17.1. The molecule has 0 aromatic heterocycles. The zero-order valence-electron chi connectivity index (χ0n) is 13.5. The van der Waals surface area contributed by atoms with Gasteiger partial charge in [0.15, 0.2) is 0 Å². The predicted octanol–water partition coefficient (Wildman–Crippen LogP) is 3.96. The lowest BCUT2D eigenvalue weighted by Crippen LogP contribution is -2.52. The SMILES string of the molecule is CC(C)(C)N1CCC(NC2CCCC(C(F)(F)F)C2)CC1. The number of rotatable bonds is 2. The van der Waals surface area contributed by atoms with Gasteiger partial charge in [0, 0.05) is 30.7 Å². The van der Waals surface area contributed by atoms with Crippen molar-refractivity contribution >= 4 is 0 Å². The molecule has 2 nitrogen and oxygen atoms in total. The summed E-state index contributed by atoms with van der Waals surface area (Å²) in [6.45, 7) is 8.73. The summed E-state index contributed by atoms with van der Waals surface area (Å²) < 4.78 is 38.5. The summed E-state index contributed by atoms with van der Waals surface area (Å²) in [7, 11) is 0. The van der Waals surface area contributed by atoms with Crippen LogP contribution in [0, 0.1) is 5.92 Å². The highest BCUT2D eigenvalue weighted by atomic mass is 19.4. The summed E-state index contributed by atoms with van der Waals surface area (Å²) >= 11 is 0. The molecule has 1 aliphatic carbocycles. The van der Waals surface area contributed by atoms with Crippen LogP contribution in [0.25, 0.3) is 0 Å². The fourth-order valence-electron chi connectivity index (χ4n) is 3.69. The maximum absolute atomic E-state index is 12.8. The molecule has 2 aliphatic rings. The zero-order valence-corrected chi connectivity index (χ0v) is 13.5. The summed E-state index contributed by atoms with van der Waals surface area (Å²) in [5, 5.41) is 3.51. The van der Waals surface area contributed by atoms with Crippen molar-refractivity contribution in [2.24, 2.45) is 5.92 Å². The van der Waals surface area contributed by atoms with Crippen LogP contribution in [-0.2, 0) is 0 Å². The summed E-state index contributed by atoms with van der Waals surface area (Å²) in [5.41, 5.74) is 0.192. The Balaban J connectivity index is 1.78. The monoisotopic (exact) mass is 306 g/mol. The second-order valence-corrected chi connectivity index (χ2v) is 7.70. The molecule has 1 saturated heterocycles. The first-order valence-electron chi connectivity index (χ1n) is 8.24. The fraction of sp³-hybridized carbons (Fsp3) is 1.00. The third kappa shape index (κ3) is 4.85. The molecule has 2 fully saturated rings. The molecule has 2 unspecified atom stereocenters. The van der Waals surface area contributed by atoms with E-state index in [9.17, 15) is 13.2 Å². The lowest BCUT2D eigenvalue weighted by Gasteiger charge is -2.42. The third-order valence-electron chi connectivity index (χ3n) is 5.05. The lowest BCUT2D eigenvalue weighted by atomic mass is 9.84. The van der Waals surface area contributed by atoms with Gasteiger partial charge in [0.1, 0.15) is 0 Å². The number of hydrogen-bond acceptors (Lipinski definition) is 2. The Labute approximate surface area is 126 Å². The van der Waals surface area contributed by atoms with Crippen molar-refractivity contribution in [2.75, 3.05) is 13.1 Å². The van der Waals surface area contributed by atoms with E-state index in [0.29, 0.717) is 18.9 Å². The summed E-state index contributed by atoms with van der Waals surface area (Å²) in [6.07, 6.45) is 0.243. The van der Waals surface area contributed by atoms with Crippen molar-refractivity contribution in [3.05, 3.63) is 0 Å². The second kappa shape index (κ2) is 6.45. The first-order chi connectivity index (χ1) is 9.66. The smallest absolute Gasteiger partial charge is 0.311 e. The first-order valence-corrected chi connectivity index (χ1v) is 8.24. The van der Waals surface area contributed by atoms with Crippen LogP contribution < -0.4 is 5.32 Å². The Morgan fingerprint density at radius 2 is 1.52 bits per heavy atom. The molecular formula is C16H29F3N2. The molecular weight excluding hydrogens is 277 g/mol. The van der Waals surface area contributed by atoms with Gasteiger partial charge in [-0.1, -0.05) is 6.42 Å². The van der Waals surface area contributed by atoms with Gasteiger partial charge < -0.3 is 5.32 Å². The largest absolute Gasteiger partial charge is 0.391 e. The Hall–Kier alpha value is -0.290. The van der Waals surface area contributed by atoms with Crippen molar-refractivity contribution < 1.29 is 13.2 Å². The molecule has 1 N–H and O–H groups in total. The van der Waals surface area contributed by atoms with Gasteiger partial charge in [0.2, 0.25) is 0 Å². The average molecular weight is 306 g/mol. The van der Waals surface area contributed by atoms with Crippen LogP contribution in [0.2, 0.25) is 0 Å². The minimum atomic E-state index is -4.02. The lowest BCUT2D eigenvalue weighted by molar-refractivity contribution is -0.184. The Morgan fingerprint density at radius 1 is 0.905 bits per heavy atom. The molecule has 1 aliphatic heterocycles. The quantitative estimate of drug-likeness (QED) is 0.831. The molecule has 1 saturated carbocycles. The van der Waals surface area contributed by atoms with Crippen LogP contribution in [0.4, 0.5) is 13.2 Å². The Bertz CT molecular complexity index is 327. The van der Waals surface area contributed by atoms with E-state index < -0.39 is 12.1 Å². The average Bonchev–Trinajstić information content (AvgIpc) is 2.37. The van der Waals surface area contributed by atoms with Gasteiger partial charge >= 0.3 is 6.18 Å². The van der Waals surface area contributed by atoms with Crippen LogP contribution in [0.3, 0.4) is 0 Å². The fourth-order valence-corrected chi connectivity index (χ4v) is 3.69. The van der Waals surface area contributed by atoms with Crippen molar-refractivity contribution in [3.8, 4) is 0 Å². The van der Waals surface area contributed by atoms with E-state index in [0.717, 1.165) is 32.4 Å². The number of piperidine rings is 1. The number of halogens is 3. The van der Waals surface area contributed by atoms with E-state index in [1.165, 1.54) is 0 Å². The van der Waals surface area contributed by atoms with Gasteiger partial charge in [0.05, 0.1) is 5.92 Å². The molecule has 0 spiro atoms. The second-order valence-electron chi connectivity index (χ2n) is 7.70. The van der Waals surface area contributed by atoms with Crippen molar-refractivity contribution in [3.63, 3.8) is 0 Å². The molecule has 0 aromatic rings. The number of nitrogens with one attached hydrogen (secondary N) is 1. The van der Waals surface area contributed by atoms with E-state index >= 15 is 0 Å². The summed E-state index contributed by atoms with van der Waals surface area (Å²) in [5.74, 6) is -1.10. The van der Waals surface area contributed by atoms with Crippen molar-refractivity contribution in [2.45, 2.75) is 83.1 Å². The topological polar surface area (TPSA) is 15.3 Å². The van der Waals surface area contributed by atoms with Crippen molar-refractivity contribution in [1.29, 1.82) is 0 Å². The van der Waals surface area contributed by atoms with E-state index in [4.69, 9.17) is 0 Å². The summed E-state index contributed by atoms with van der Waals surface area (Å²) in [4.78, 5) is 2.46. The van der Waals surface area contributed by atoms with Crippen LogP contribution in [0.1, 0.15) is 59.3 Å². The number of likely N-dealkylation sites (tertiary alicyclic amines) is 1. The summed E-state index contributed by atoms with van der Waals surface area (Å²) in [6, 6.07) is 0.442. The van der Waals surface area contributed by atoms with Gasteiger partial charge in [-0.2, -0.15) is 13.2 Å².